The van der Waals surface area contributed by atoms with Crippen LogP contribution in [0.4, 0.5) is 5.69 Å². The molecule has 2 atom stereocenters. The molecule has 0 saturated heterocycles. The largest absolute Gasteiger partial charge is 0.454 e. The SMILES string of the molecule is Brc1ccccc1[C@]12Cc3cccc(Br)c3[C@H]1N1C(=N2)c2ccccc2Oc2ccccc21. The highest BCUT2D eigenvalue weighted by Gasteiger charge is 2.58. The monoisotopic (exact) mass is 556 g/mol. The van der Waals surface area contributed by atoms with Crippen LogP contribution in [0.1, 0.15) is 28.3 Å². The summed E-state index contributed by atoms with van der Waals surface area (Å²) < 4.78 is 8.62. The third-order valence-corrected chi connectivity index (χ3v) is 8.32. The fourth-order valence-corrected chi connectivity index (χ4v) is 6.89. The van der Waals surface area contributed by atoms with Crippen molar-refractivity contribution in [1.29, 1.82) is 0 Å². The van der Waals surface area contributed by atoms with Crippen LogP contribution in [-0.2, 0) is 12.0 Å². The highest BCUT2D eigenvalue weighted by molar-refractivity contribution is 9.10. The maximum absolute atomic E-state index is 6.42. The smallest absolute Gasteiger partial charge is 0.151 e. The van der Waals surface area contributed by atoms with Crippen molar-refractivity contribution >= 4 is 43.4 Å². The molecule has 0 aromatic heterocycles. The van der Waals surface area contributed by atoms with Crippen LogP contribution in [0.25, 0.3) is 0 Å². The first-order chi connectivity index (χ1) is 16.2. The number of para-hydroxylation sites is 3. The minimum atomic E-state index is -0.459. The van der Waals surface area contributed by atoms with Gasteiger partial charge in [-0.15, -0.1) is 0 Å². The first-order valence-electron chi connectivity index (χ1n) is 10.9. The Hall–Kier alpha value is -2.89. The van der Waals surface area contributed by atoms with Crippen molar-refractivity contribution in [2.75, 3.05) is 4.90 Å². The van der Waals surface area contributed by atoms with E-state index in [9.17, 15) is 0 Å². The average Bonchev–Trinajstić information content (AvgIpc) is 3.28. The zero-order valence-electron chi connectivity index (χ0n) is 17.5. The molecule has 4 aromatic rings. The van der Waals surface area contributed by atoms with Crippen LogP contribution in [0, 0.1) is 0 Å². The molecule has 7 rings (SSSR count). The Balaban J connectivity index is 1.60. The van der Waals surface area contributed by atoms with E-state index >= 15 is 0 Å². The molecule has 160 valence electrons. The van der Waals surface area contributed by atoms with Crippen molar-refractivity contribution in [3.63, 3.8) is 0 Å². The lowest BCUT2D eigenvalue weighted by Crippen LogP contribution is -2.36. The van der Waals surface area contributed by atoms with Crippen LogP contribution in [-0.4, -0.2) is 5.84 Å². The average molecular weight is 558 g/mol. The van der Waals surface area contributed by atoms with E-state index in [1.54, 1.807) is 0 Å². The van der Waals surface area contributed by atoms with Gasteiger partial charge >= 0.3 is 0 Å². The van der Waals surface area contributed by atoms with Crippen LogP contribution in [0.15, 0.2) is 105 Å². The molecule has 0 N–H and O–H groups in total. The number of aliphatic imine (C=N–C) groups is 1. The molecule has 4 aromatic carbocycles. The molecule has 1 aliphatic carbocycles. The summed E-state index contributed by atoms with van der Waals surface area (Å²) >= 11 is 7.74. The standard InChI is InChI=1S/C28H18Br2N2O/c29-20-11-3-2-10-19(20)28-16-17-8-7-12-21(30)25(17)26(28)32-22-13-4-6-15-24(22)33-23-14-5-1-9-18(23)27(32)31-28/h1-15,26H,16H2/t26-,28-/m1/s1. The van der Waals surface area contributed by atoms with E-state index in [0.29, 0.717) is 0 Å². The molecule has 3 aliphatic rings. The van der Waals surface area contributed by atoms with Crippen molar-refractivity contribution in [2.45, 2.75) is 18.0 Å². The summed E-state index contributed by atoms with van der Waals surface area (Å²) in [6, 6.07) is 31.5. The Morgan fingerprint density at radius 2 is 1.52 bits per heavy atom. The normalized spacial score (nSPS) is 21.7. The number of amidine groups is 1. The third kappa shape index (κ3) is 2.63. The number of rotatable bonds is 1. The number of halogens is 2. The van der Waals surface area contributed by atoms with Gasteiger partial charge in [0.2, 0.25) is 0 Å². The molecule has 5 heteroatoms. The predicted molar refractivity (Wildman–Crippen MR) is 138 cm³/mol. The van der Waals surface area contributed by atoms with Crippen LogP contribution >= 0.6 is 31.9 Å². The number of ether oxygens (including phenoxy) is 1. The number of fused-ring (bicyclic) bond motifs is 9. The van der Waals surface area contributed by atoms with Crippen molar-refractivity contribution in [3.8, 4) is 11.5 Å². The summed E-state index contributed by atoms with van der Waals surface area (Å²) in [4.78, 5) is 8.00. The first kappa shape index (κ1) is 19.6. The van der Waals surface area contributed by atoms with Gasteiger partial charge in [0.1, 0.15) is 17.1 Å². The molecule has 0 amide bonds. The van der Waals surface area contributed by atoms with Gasteiger partial charge in [0.15, 0.2) is 5.75 Å². The fraction of sp³-hybridized carbons (Fsp3) is 0.107. The number of benzene rings is 4. The molecule has 0 radical (unpaired) electrons. The van der Waals surface area contributed by atoms with Crippen LogP contribution in [0.3, 0.4) is 0 Å². The summed E-state index contributed by atoms with van der Waals surface area (Å²) in [5.41, 5.74) is 5.41. The van der Waals surface area contributed by atoms with Gasteiger partial charge in [-0.05, 0) is 53.1 Å². The molecule has 3 nitrogen and oxygen atoms in total. The molecule has 0 bridgehead atoms. The minimum absolute atomic E-state index is 0.00678. The highest BCUT2D eigenvalue weighted by atomic mass is 79.9. The molecule has 0 fully saturated rings. The van der Waals surface area contributed by atoms with E-state index in [-0.39, 0.29) is 6.04 Å². The molecule has 0 unspecified atom stereocenters. The molecule has 0 spiro atoms. The molecule has 2 heterocycles. The van der Waals surface area contributed by atoms with E-state index < -0.39 is 5.54 Å². The highest BCUT2D eigenvalue weighted by Crippen LogP contribution is 2.61. The van der Waals surface area contributed by atoms with Gasteiger partial charge in [0.05, 0.1) is 17.3 Å². The lowest BCUT2D eigenvalue weighted by Gasteiger charge is -2.34. The number of hydrogen-bond acceptors (Lipinski definition) is 3. The zero-order chi connectivity index (χ0) is 22.2. The van der Waals surface area contributed by atoms with Crippen molar-refractivity contribution in [1.82, 2.24) is 0 Å². The Bertz CT molecular complexity index is 1480. The number of anilines is 1. The van der Waals surface area contributed by atoms with Gasteiger partial charge in [-0.25, -0.2) is 0 Å². The predicted octanol–water partition coefficient (Wildman–Crippen LogP) is 7.78. The zero-order valence-corrected chi connectivity index (χ0v) is 20.7. The van der Waals surface area contributed by atoms with E-state index in [4.69, 9.17) is 9.73 Å². The summed E-state index contributed by atoms with van der Waals surface area (Å²) in [6.45, 7) is 0. The maximum Gasteiger partial charge on any atom is 0.151 e. The topological polar surface area (TPSA) is 24.8 Å². The van der Waals surface area contributed by atoms with Crippen molar-refractivity contribution < 1.29 is 4.74 Å². The Kier molecular flexibility index (Phi) is 4.18. The molecule has 2 aliphatic heterocycles. The van der Waals surface area contributed by atoms with E-state index in [0.717, 1.165) is 44.0 Å². The minimum Gasteiger partial charge on any atom is -0.454 e. The van der Waals surface area contributed by atoms with Gasteiger partial charge in [0.25, 0.3) is 0 Å². The second-order valence-electron chi connectivity index (χ2n) is 8.67. The van der Waals surface area contributed by atoms with Gasteiger partial charge < -0.3 is 9.64 Å². The molecule has 33 heavy (non-hydrogen) atoms. The lowest BCUT2D eigenvalue weighted by molar-refractivity contribution is 0.416. The van der Waals surface area contributed by atoms with Gasteiger partial charge in [0, 0.05) is 15.4 Å². The Labute approximate surface area is 209 Å². The van der Waals surface area contributed by atoms with Crippen LogP contribution < -0.4 is 9.64 Å². The quantitative estimate of drug-likeness (QED) is 0.239. The first-order valence-corrected chi connectivity index (χ1v) is 12.5. The van der Waals surface area contributed by atoms with Gasteiger partial charge in [-0.3, -0.25) is 4.99 Å². The molecular formula is C28H18Br2N2O. The maximum atomic E-state index is 6.42. The van der Waals surface area contributed by atoms with Crippen molar-refractivity contribution in [2.24, 2.45) is 4.99 Å². The lowest BCUT2D eigenvalue weighted by atomic mass is 9.84. The van der Waals surface area contributed by atoms with E-state index in [1.807, 2.05) is 24.3 Å². The summed E-state index contributed by atoms with van der Waals surface area (Å²) in [7, 11) is 0. The second kappa shape index (κ2) is 7.05. The van der Waals surface area contributed by atoms with Crippen LogP contribution in [0.2, 0.25) is 0 Å². The summed E-state index contributed by atoms with van der Waals surface area (Å²) in [5, 5.41) is 0. The van der Waals surface area contributed by atoms with Crippen LogP contribution in [0.5, 0.6) is 11.5 Å². The molecular weight excluding hydrogens is 540 g/mol. The van der Waals surface area contributed by atoms with E-state index in [2.05, 4.69) is 103 Å². The van der Waals surface area contributed by atoms with Gasteiger partial charge in [-0.1, -0.05) is 86.5 Å². The van der Waals surface area contributed by atoms with E-state index in [1.165, 1.54) is 16.7 Å². The number of nitrogens with zero attached hydrogens (tertiary/aromatic N) is 2. The fourth-order valence-electron chi connectivity index (χ4n) is 5.64. The Morgan fingerprint density at radius 1 is 0.788 bits per heavy atom. The third-order valence-electron chi connectivity index (χ3n) is 6.93. The summed E-state index contributed by atoms with van der Waals surface area (Å²) in [6.07, 6.45) is 0.834. The number of hydrogen-bond donors (Lipinski definition) is 0. The van der Waals surface area contributed by atoms with Crippen molar-refractivity contribution in [3.05, 3.63) is 122 Å². The molecule has 0 saturated carbocycles. The Morgan fingerprint density at radius 3 is 2.39 bits per heavy atom. The van der Waals surface area contributed by atoms with Gasteiger partial charge in [-0.2, -0.15) is 0 Å². The second-order valence-corrected chi connectivity index (χ2v) is 10.4. The summed E-state index contributed by atoms with van der Waals surface area (Å²) in [5.74, 6) is 2.64.